The predicted octanol–water partition coefficient (Wildman–Crippen LogP) is 3.05. The van der Waals surface area contributed by atoms with Gasteiger partial charge in [0.25, 0.3) is 5.69 Å². The second kappa shape index (κ2) is 10.8. The number of amides is 1. The fourth-order valence-electron chi connectivity index (χ4n) is 2.60. The lowest BCUT2D eigenvalue weighted by Crippen LogP contribution is -2.32. The summed E-state index contributed by atoms with van der Waals surface area (Å²) in [6, 6.07) is 15.3. The molecule has 2 aromatic carbocycles. The maximum absolute atomic E-state index is 12.1. The Hall–Kier alpha value is -2.59. The first-order valence-electron chi connectivity index (χ1n) is 8.94. The van der Waals surface area contributed by atoms with Crippen LogP contribution >= 0.6 is 11.8 Å². The summed E-state index contributed by atoms with van der Waals surface area (Å²) in [5, 5.41) is 13.7. The first-order valence-corrected chi connectivity index (χ1v) is 11.8. The first kappa shape index (κ1) is 22.7. The molecule has 29 heavy (non-hydrogen) atoms. The summed E-state index contributed by atoms with van der Waals surface area (Å²) in [6.45, 7) is 0.575. The lowest BCUT2D eigenvalue weighted by atomic mass is 10.2. The van der Waals surface area contributed by atoms with Crippen molar-refractivity contribution in [1.82, 2.24) is 5.32 Å². The highest BCUT2D eigenvalue weighted by atomic mass is 32.2. The maximum atomic E-state index is 12.1. The van der Waals surface area contributed by atoms with Gasteiger partial charge in [-0.3, -0.25) is 19.2 Å². The summed E-state index contributed by atoms with van der Waals surface area (Å²) >= 11 is 1.64. The second-order valence-corrected chi connectivity index (χ2v) is 9.30. The normalized spacial score (nSPS) is 11.1. The van der Waals surface area contributed by atoms with Gasteiger partial charge in [-0.15, -0.1) is 11.8 Å². The van der Waals surface area contributed by atoms with Gasteiger partial charge in [-0.1, -0.05) is 24.3 Å². The monoisotopic (exact) mass is 437 g/mol. The number of thioether (sulfide) groups is 1. The molecule has 2 aromatic rings. The Labute approximate surface area is 174 Å². The molecule has 0 aliphatic heterocycles. The lowest BCUT2D eigenvalue weighted by Gasteiger charge is -2.22. The molecule has 0 atom stereocenters. The van der Waals surface area contributed by atoms with Gasteiger partial charge in [-0.2, -0.15) is 0 Å². The number of nitro benzene ring substituents is 1. The third kappa shape index (κ3) is 7.74. The van der Waals surface area contributed by atoms with Gasteiger partial charge in [-0.05, 0) is 24.6 Å². The Morgan fingerprint density at radius 1 is 1.17 bits per heavy atom. The molecule has 0 saturated heterocycles. The van der Waals surface area contributed by atoms with Gasteiger partial charge in [0.2, 0.25) is 15.9 Å². The number of hydrogen-bond donors (Lipinski definition) is 1. The Bertz CT molecular complexity index is 936. The largest absolute Gasteiger partial charge is 0.355 e. The van der Waals surface area contributed by atoms with E-state index in [2.05, 4.69) is 5.32 Å². The number of anilines is 1. The molecule has 0 aliphatic rings. The Morgan fingerprint density at radius 3 is 2.55 bits per heavy atom. The molecule has 0 bridgehead atoms. The fourth-order valence-corrected chi connectivity index (χ4v) is 4.34. The van der Waals surface area contributed by atoms with Gasteiger partial charge in [0.1, 0.15) is 0 Å². The van der Waals surface area contributed by atoms with Crippen LogP contribution in [0.25, 0.3) is 0 Å². The van der Waals surface area contributed by atoms with E-state index in [0.717, 1.165) is 21.2 Å². The van der Waals surface area contributed by atoms with Gasteiger partial charge in [0.05, 0.1) is 16.9 Å². The Morgan fingerprint density at radius 2 is 1.90 bits per heavy atom. The van der Waals surface area contributed by atoms with Crippen molar-refractivity contribution in [2.45, 2.75) is 17.7 Å². The second-order valence-electron chi connectivity index (χ2n) is 6.23. The quantitative estimate of drug-likeness (QED) is 0.250. The smallest absolute Gasteiger partial charge is 0.271 e. The SMILES string of the molecule is CS(=O)(=O)N(CCCC(=O)NCCSc1ccccc1)c1cccc([N+](=O)[O-])c1. The standard InChI is InChI=1S/C19H23N3O5S2/c1-29(26,27)21(16-7-5-8-17(15-16)22(24)25)13-6-11-19(23)20-12-14-28-18-9-3-2-4-10-18/h2-5,7-10,15H,6,11-14H2,1H3,(H,20,23). The molecule has 0 fully saturated rings. The van der Waals surface area contributed by atoms with Gasteiger partial charge in [-0.25, -0.2) is 8.42 Å². The molecule has 0 heterocycles. The molecular weight excluding hydrogens is 414 g/mol. The molecule has 0 radical (unpaired) electrons. The summed E-state index contributed by atoms with van der Waals surface area (Å²) in [6.07, 6.45) is 1.50. The number of benzene rings is 2. The molecule has 0 saturated carbocycles. The third-order valence-electron chi connectivity index (χ3n) is 3.93. The van der Waals surface area contributed by atoms with Crippen molar-refractivity contribution in [3.8, 4) is 0 Å². The van der Waals surface area contributed by atoms with Crippen molar-refractivity contribution in [2.24, 2.45) is 0 Å². The maximum Gasteiger partial charge on any atom is 0.271 e. The van der Waals surface area contributed by atoms with Crippen LogP contribution in [0.3, 0.4) is 0 Å². The van der Waals surface area contributed by atoms with Gasteiger partial charge >= 0.3 is 0 Å². The van der Waals surface area contributed by atoms with E-state index in [9.17, 15) is 23.3 Å². The van der Waals surface area contributed by atoms with Gasteiger partial charge in [0.15, 0.2) is 0 Å². The van der Waals surface area contributed by atoms with Crippen LogP contribution in [-0.2, 0) is 14.8 Å². The van der Waals surface area contributed by atoms with E-state index >= 15 is 0 Å². The molecule has 8 nitrogen and oxygen atoms in total. The molecule has 1 N–H and O–H groups in total. The van der Waals surface area contributed by atoms with Crippen molar-refractivity contribution in [1.29, 1.82) is 0 Å². The molecule has 0 unspecified atom stereocenters. The number of hydrogen-bond acceptors (Lipinski definition) is 6. The first-order chi connectivity index (χ1) is 13.8. The molecule has 0 aromatic heterocycles. The highest BCUT2D eigenvalue weighted by Crippen LogP contribution is 2.23. The summed E-state index contributed by atoms with van der Waals surface area (Å²) in [4.78, 5) is 23.5. The van der Waals surface area contributed by atoms with Crippen molar-refractivity contribution in [3.05, 3.63) is 64.7 Å². The highest BCUT2D eigenvalue weighted by Gasteiger charge is 2.19. The van der Waals surface area contributed by atoms with Crippen molar-refractivity contribution in [3.63, 3.8) is 0 Å². The van der Waals surface area contributed by atoms with Crippen molar-refractivity contribution >= 4 is 39.1 Å². The number of carbonyl (C=O) groups excluding carboxylic acids is 1. The summed E-state index contributed by atoms with van der Waals surface area (Å²) in [5.41, 5.74) is 0.0196. The Kier molecular flexibility index (Phi) is 8.47. The van der Waals surface area contributed by atoms with E-state index in [4.69, 9.17) is 0 Å². The van der Waals surface area contributed by atoms with E-state index in [1.165, 1.54) is 24.3 Å². The molecule has 156 valence electrons. The minimum Gasteiger partial charge on any atom is -0.355 e. The molecule has 1 amide bonds. The van der Waals surface area contributed by atoms with Crippen LogP contribution in [0, 0.1) is 10.1 Å². The van der Waals surface area contributed by atoms with Crippen LogP contribution < -0.4 is 9.62 Å². The lowest BCUT2D eigenvalue weighted by molar-refractivity contribution is -0.384. The van der Waals surface area contributed by atoms with Gasteiger partial charge < -0.3 is 5.32 Å². The zero-order chi connectivity index (χ0) is 21.3. The number of nitrogens with one attached hydrogen (secondary N) is 1. The molecule has 2 rings (SSSR count). The molecule has 10 heteroatoms. The van der Waals surface area contributed by atoms with Crippen molar-refractivity contribution in [2.75, 3.05) is 29.4 Å². The van der Waals surface area contributed by atoms with Crippen LogP contribution in [0.4, 0.5) is 11.4 Å². The summed E-state index contributed by atoms with van der Waals surface area (Å²) < 4.78 is 25.3. The van der Waals surface area contributed by atoms with E-state index in [-0.39, 0.29) is 30.2 Å². The predicted molar refractivity (Wildman–Crippen MR) is 115 cm³/mol. The number of nitro groups is 1. The highest BCUT2D eigenvalue weighted by molar-refractivity contribution is 7.99. The number of sulfonamides is 1. The number of carbonyl (C=O) groups is 1. The third-order valence-corrected chi connectivity index (χ3v) is 6.14. The zero-order valence-corrected chi connectivity index (χ0v) is 17.6. The average molecular weight is 438 g/mol. The van der Waals surface area contributed by atoms with Crippen LogP contribution in [-0.4, -0.2) is 44.3 Å². The number of rotatable bonds is 11. The van der Waals surface area contributed by atoms with Crippen molar-refractivity contribution < 1.29 is 18.1 Å². The van der Waals surface area contributed by atoms with Crippen LogP contribution in [0.15, 0.2) is 59.5 Å². The molecule has 0 aliphatic carbocycles. The van der Waals surface area contributed by atoms with Crippen LogP contribution in [0.5, 0.6) is 0 Å². The van der Waals surface area contributed by atoms with Gasteiger partial charge in [0, 0.05) is 42.3 Å². The topological polar surface area (TPSA) is 110 Å². The van der Waals surface area contributed by atoms with E-state index in [1.54, 1.807) is 11.8 Å². The van der Waals surface area contributed by atoms with E-state index in [1.807, 2.05) is 30.3 Å². The fraction of sp³-hybridized carbons (Fsp3) is 0.316. The minimum atomic E-state index is -3.63. The van der Waals surface area contributed by atoms with Crippen LogP contribution in [0.1, 0.15) is 12.8 Å². The molecular formula is C19H23N3O5S2. The number of non-ortho nitro benzene ring substituents is 1. The minimum absolute atomic E-state index is 0.0617. The summed E-state index contributed by atoms with van der Waals surface area (Å²) in [7, 11) is -3.63. The molecule has 0 spiro atoms. The van der Waals surface area contributed by atoms with E-state index in [0.29, 0.717) is 13.0 Å². The summed E-state index contributed by atoms with van der Waals surface area (Å²) in [5.74, 6) is 0.574. The Balaban J connectivity index is 1.81. The van der Waals surface area contributed by atoms with Crippen LogP contribution in [0.2, 0.25) is 0 Å². The number of nitrogens with zero attached hydrogens (tertiary/aromatic N) is 2. The average Bonchev–Trinajstić information content (AvgIpc) is 2.68. The zero-order valence-electron chi connectivity index (χ0n) is 16.0. The van der Waals surface area contributed by atoms with E-state index < -0.39 is 14.9 Å².